The number of halogens is 1. The van der Waals surface area contributed by atoms with E-state index in [2.05, 4.69) is 4.98 Å². The number of rotatable bonds is 6. The Morgan fingerprint density at radius 3 is 2.60 bits per heavy atom. The summed E-state index contributed by atoms with van der Waals surface area (Å²) >= 11 is 0. The summed E-state index contributed by atoms with van der Waals surface area (Å²) < 4.78 is 34.7. The average Bonchev–Trinajstić information content (AvgIpc) is 3.28. The molecule has 1 aromatic carbocycles. The first-order valence-corrected chi connectivity index (χ1v) is 13.7. The molecule has 0 saturated carbocycles. The molecule has 220 valence electrons. The molecule has 0 saturated heterocycles. The molecule has 5 rings (SSSR count). The Bertz CT molecular complexity index is 1740. The molecule has 4 aromatic rings. The monoisotopic (exact) mass is 575 g/mol. The predicted octanol–water partition coefficient (Wildman–Crippen LogP) is 6.11. The van der Waals surface area contributed by atoms with Gasteiger partial charge in [0.25, 0.3) is 0 Å². The van der Waals surface area contributed by atoms with Crippen molar-refractivity contribution < 1.29 is 33.3 Å². The van der Waals surface area contributed by atoms with Crippen LogP contribution in [-0.4, -0.2) is 50.9 Å². The summed E-state index contributed by atoms with van der Waals surface area (Å²) in [4.78, 5) is 33.8. The Balaban J connectivity index is 1.90. The Labute approximate surface area is 243 Å². The number of ether oxygens (including phenoxy) is 3. The van der Waals surface area contributed by atoms with Gasteiger partial charge < -0.3 is 23.9 Å². The molecular weight excluding hydrogens is 541 g/mol. The highest BCUT2D eigenvalue weighted by molar-refractivity contribution is 6.01. The van der Waals surface area contributed by atoms with Gasteiger partial charge >= 0.3 is 11.9 Å². The van der Waals surface area contributed by atoms with Gasteiger partial charge in [-0.15, -0.1) is 0 Å². The van der Waals surface area contributed by atoms with Gasteiger partial charge in [0, 0.05) is 46.6 Å². The van der Waals surface area contributed by atoms with Gasteiger partial charge in [0.05, 0.1) is 25.0 Å². The van der Waals surface area contributed by atoms with Gasteiger partial charge in [0.1, 0.15) is 11.3 Å². The van der Waals surface area contributed by atoms with E-state index in [1.54, 1.807) is 13.0 Å². The van der Waals surface area contributed by atoms with Gasteiger partial charge in [-0.05, 0) is 82.9 Å². The number of aromatic carboxylic acids is 1. The highest BCUT2D eigenvalue weighted by Gasteiger charge is 2.35. The van der Waals surface area contributed by atoms with E-state index in [1.807, 2.05) is 45.4 Å². The first-order chi connectivity index (χ1) is 19.8. The molecule has 3 aromatic heterocycles. The molecule has 0 aliphatic carbocycles. The number of carbonyl (C=O) groups excluding carboxylic acids is 1. The number of carboxylic acid groups (broad SMARTS) is 1. The second-order valence-corrected chi connectivity index (χ2v) is 11.5. The zero-order valence-corrected chi connectivity index (χ0v) is 24.8. The Morgan fingerprint density at radius 1 is 1.19 bits per heavy atom. The van der Waals surface area contributed by atoms with Crippen molar-refractivity contribution in [2.75, 3.05) is 13.7 Å². The first kappa shape index (κ1) is 29.2. The van der Waals surface area contributed by atoms with Crippen molar-refractivity contribution in [2.24, 2.45) is 7.05 Å². The SMILES string of the molecule is COC(=O)[C@@H](OC(C)(C)C)c1c(C)nc2c(cc(-c3ccnc(C(=O)O)c3)n2C)c1-c1cc(F)c2c(c1C)CCCO2. The molecule has 1 aliphatic rings. The van der Waals surface area contributed by atoms with Crippen LogP contribution in [0.3, 0.4) is 0 Å². The van der Waals surface area contributed by atoms with Crippen LogP contribution in [0.1, 0.15) is 66.2 Å². The lowest BCUT2D eigenvalue weighted by atomic mass is 9.86. The molecule has 1 atom stereocenters. The third-order valence-corrected chi connectivity index (χ3v) is 7.53. The maximum Gasteiger partial charge on any atom is 0.354 e. The minimum absolute atomic E-state index is 0.0975. The van der Waals surface area contributed by atoms with Crippen LogP contribution >= 0.6 is 0 Å². The van der Waals surface area contributed by atoms with E-state index < -0.39 is 29.5 Å². The van der Waals surface area contributed by atoms with Crippen LogP contribution in [0.25, 0.3) is 33.4 Å². The first-order valence-electron chi connectivity index (χ1n) is 13.7. The summed E-state index contributed by atoms with van der Waals surface area (Å²) in [6, 6.07) is 6.53. The van der Waals surface area contributed by atoms with Gasteiger partial charge in [0.2, 0.25) is 0 Å². The second kappa shape index (κ2) is 10.8. The average molecular weight is 576 g/mol. The molecule has 0 amide bonds. The number of benzene rings is 1. The molecule has 10 heteroatoms. The maximum absolute atomic E-state index is 15.7. The number of aryl methyl sites for hydroxylation is 2. The van der Waals surface area contributed by atoms with E-state index >= 15 is 4.39 Å². The van der Waals surface area contributed by atoms with Crippen molar-refractivity contribution in [2.45, 2.75) is 59.2 Å². The molecule has 0 radical (unpaired) electrons. The van der Waals surface area contributed by atoms with E-state index in [0.29, 0.717) is 57.7 Å². The normalized spacial score (nSPS) is 13.9. The van der Waals surface area contributed by atoms with Gasteiger partial charge in [-0.2, -0.15) is 0 Å². The molecule has 0 fully saturated rings. The molecule has 42 heavy (non-hydrogen) atoms. The molecule has 9 nitrogen and oxygen atoms in total. The van der Waals surface area contributed by atoms with Crippen molar-refractivity contribution in [3.8, 4) is 28.1 Å². The minimum Gasteiger partial charge on any atom is -0.490 e. The lowest BCUT2D eigenvalue weighted by Gasteiger charge is -2.29. The third kappa shape index (κ3) is 5.11. The summed E-state index contributed by atoms with van der Waals surface area (Å²) in [5.74, 6) is -1.98. The number of carboxylic acids is 1. The van der Waals surface area contributed by atoms with Crippen LogP contribution < -0.4 is 4.74 Å². The molecule has 1 aliphatic heterocycles. The van der Waals surface area contributed by atoms with Gasteiger partial charge in [-0.1, -0.05) is 0 Å². The largest absolute Gasteiger partial charge is 0.490 e. The van der Waals surface area contributed by atoms with E-state index in [0.717, 1.165) is 17.5 Å². The summed E-state index contributed by atoms with van der Waals surface area (Å²) in [7, 11) is 3.12. The van der Waals surface area contributed by atoms with E-state index in [1.165, 1.54) is 25.4 Å². The lowest BCUT2D eigenvalue weighted by Crippen LogP contribution is -2.29. The van der Waals surface area contributed by atoms with Crippen LogP contribution in [0.15, 0.2) is 30.5 Å². The van der Waals surface area contributed by atoms with Crippen molar-refractivity contribution in [1.29, 1.82) is 0 Å². The molecular formula is C32H34FN3O6. The van der Waals surface area contributed by atoms with Crippen LogP contribution in [0.2, 0.25) is 0 Å². The van der Waals surface area contributed by atoms with Crippen molar-refractivity contribution in [3.05, 3.63) is 64.4 Å². The van der Waals surface area contributed by atoms with Gasteiger partial charge in [0.15, 0.2) is 17.7 Å². The third-order valence-electron chi connectivity index (χ3n) is 7.53. The van der Waals surface area contributed by atoms with Gasteiger partial charge in [-0.25, -0.2) is 23.9 Å². The minimum atomic E-state index is -1.15. The van der Waals surface area contributed by atoms with Crippen molar-refractivity contribution >= 4 is 23.0 Å². The Hall–Kier alpha value is -4.31. The Morgan fingerprint density at radius 2 is 1.93 bits per heavy atom. The standard InChI is InChI=1S/C32H34FN3O6/c1-16-19-9-8-12-41-27(19)22(33)14-20(16)26-21-15-24(18-10-11-34-23(13-18)30(37)38)36(6)29(21)35-17(2)25(26)28(31(39)40-7)42-32(3,4)5/h10-11,13-15,28H,8-9,12H2,1-7H3,(H,37,38)/t28-/m0/s1. The predicted molar refractivity (Wildman–Crippen MR) is 155 cm³/mol. The quantitative estimate of drug-likeness (QED) is 0.274. The molecule has 0 bridgehead atoms. The number of methoxy groups -OCH3 is 1. The number of nitrogens with zero attached hydrogens (tertiary/aromatic N) is 3. The van der Waals surface area contributed by atoms with Crippen molar-refractivity contribution in [1.82, 2.24) is 14.5 Å². The smallest absolute Gasteiger partial charge is 0.354 e. The van der Waals surface area contributed by atoms with E-state index in [9.17, 15) is 14.7 Å². The molecule has 0 spiro atoms. The number of aromatic nitrogens is 3. The van der Waals surface area contributed by atoms with Gasteiger partial charge in [-0.3, -0.25) is 0 Å². The van der Waals surface area contributed by atoms with Crippen LogP contribution in [0.5, 0.6) is 5.75 Å². The maximum atomic E-state index is 15.7. The van der Waals surface area contributed by atoms with Crippen LogP contribution in [-0.2, 0) is 27.7 Å². The van der Waals surface area contributed by atoms with Crippen LogP contribution in [0.4, 0.5) is 4.39 Å². The summed E-state index contributed by atoms with van der Waals surface area (Å²) in [5.41, 5.74) is 4.82. The number of esters is 1. The number of hydrogen-bond acceptors (Lipinski definition) is 7. The number of pyridine rings is 2. The number of carbonyl (C=O) groups is 2. The summed E-state index contributed by atoms with van der Waals surface area (Å²) in [5, 5.41) is 10.2. The van der Waals surface area contributed by atoms with Crippen molar-refractivity contribution in [3.63, 3.8) is 0 Å². The fourth-order valence-electron chi connectivity index (χ4n) is 5.65. The number of fused-ring (bicyclic) bond motifs is 2. The van der Waals surface area contributed by atoms with Crippen LogP contribution in [0, 0.1) is 19.7 Å². The highest BCUT2D eigenvalue weighted by atomic mass is 19.1. The highest BCUT2D eigenvalue weighted by Crippen LogP contribution is 2.45. The van der Waals surface area contributed by atoms with E-state index in [-0.39, 0.29) is 11.4 Å². The Kier molecular flexibility index (Phi) is 7.53. The second-order valence-electron chi connectivity index (χ2n) is 11.5. The summed E-state index contributed by atoms with van der Waals surface area (Å²) in [6.07, 6.45) is 1.70. The zero-order valence-electron chi connectivity index (χ0n) is 24.8. The lowest BCUT2D eigenvalue weighted by molar-refractivity contribution is -0.164. The summed E-state index contributed by atoms with van der Waals surface area (Å²) in [6.45, 7) is 9.69. The fraction of sp³-hybridized carbons (Fsp3) is 0.375. The zero-order chi connectivity index (χ0) is 30.5. The molecule has 1 N–H and O–H groups in total. The topological polar surface area (TPSA) is 113 Å². The van der Waals surface area contributed by atoms with E-state index in [4.69, 9.17) is 19.2 Å². The fourth-order valence-corrected chi connectivity index (χ4v) is 5.65. The molecule has 0 unspecified atom stereocenters. The number of hydrogen-bond donors (Lipinski definition) is 1. The molecule has 4 heterocycles.